The molecule has 2 atom stereocenters. The van der Waals surface area contributed by atoms with Crippen molar-refractivity contribution in [1.82, 2.24) is 0 Å². The predicted molar refractivity (Wildman–Crippen MR) is 64.0 cm³/mol. The Morgan fingerprint density at radius 3 is 2.27 bits per heavy atom. The Balaban J connectivity index is 3.39. The predicted octanol–water partition coefficient (Wildman–Crippen LogP) is 2.19. The van der Waals surface area contributed by atoms with Crippen LogP contribution in [0.4, 0.5) is 0 Å². The van der Waals surface area contributed by atoms with Crippen LogP contribution >= 0.6 is 0 Å². The number of hydrogen-bond acceptors (Lipinski definition) is 3. The van der Waals surface area contributed by atoms with E-state index in [9.17, 15) is 0 Å². The van der Waals surface area contributed by atoms with Gasteiger partial charge in [-0.3, -0.25) is 0 Å². The van der Waals surface area contributed by atoms with Gasteiger partial charge in [-0.25, -0.2) is 0 Å². The summed E-state index contributed by atoms with van der Waals surface area (Å²) >= 11 is 0. The molecule has 0 saturated heterocycles. The van der Waals surface area contributed by atoms with E-state index >= 15 is 0 Å². The fraction of sp³-hybridized carbons (Fsp3) is 1.00. The van der Waals surface area contributed by atoms with E-state index in [1.54, 1.807) is 0 Å². The molecule has 3 nitrogen and oxygen atoms in total. The topological polar surface area (TPSA) is 44.5 Å². The lowest BCUT2D eigenvalue weighted by atomic mass is 10.0. The standard InChI is InChI=1S/C12H27NO2/c1-6-10(2)11(13)9-14-7-8-15-12(3,4)5/h10-11H,6-9,13H2,1-5H3. The van der Waals surface area contributed by atoms with E-state index in [1.807, 2.05) is 20.8 Å². The van der Waals surface area contributed by atoms with Gasteiger partial charge in [-0.15, -0.1) is 0 Å². The SMILES string of the molecule is CCC(C)C(N)COCCOC(C)(C)C. The van der Waals surface area contributed by atoms with Crippen molar-refractivity contribution < 1.29 is 9.47 Å². The van der Waals surface area contributed by atoms with Crippen LogP contribution in [0.5, 0.6) is 0 Å². The number of hydrogen-bond donors (Lipinski definition) is 1. The molecule has 0 aliphatic heterocycles. The van der Waals surface area contributed by atoms with Gasteiger partial charge in [-0.2, -0.15) is 0 Å². The van der Waals surface area contributed by atoms with E-state index in [4.69, 9.17) is 15.2 Å². The molecular weight excluding hydrogens is 190 g/mol. The zero-order valence-corrected chi connectivity index (χ0v) is 10.9. The minimum atomic E-state index is -0.0812. The summed E-state index contributed by atoms with van der Waals surface area (Å²) in [6.07, 6.45) is 1.10. The van der Waals surface area contributed by atoms with Crippen LogP contribution in [0.15, 0.2) is 0 Å². The third-order valence-electron chi connectivity index (χ3n) is 2.45. The van der Waals surface area contributed by atoms with Crippen LogP contribution in [0.3, 0.4) is 0 Å². The third-order valence-corrected chi connectivity index (χ3v) is 2.45. The van der Waals surface area contributed by atoms with E-state index in [0.29, 0.717) is 25.7 Å². The zero-order valence-electron chi connectivity index (χ0n) is 10.9. The molecule has 0 aromatic carbocycles. The molecule has 0 radical (unpaired) electrons. The van der Waals surface area contributed by atoms with E-state index in [1.165, 1.54) is 0 Å². The van der Waals surface area contributed by atoms with Crippen LogP contribution in [0.2, 0.25) is 0 Å². The zero-order chi connectivity index (χ0) is 11.9. The van der Waals surface area contributed by atoms with Gasteiger partial charge in [-0.05, 0) is 26.7 Å². The first kappa shape index (κ1) is 14.9. The molecule has 0 bridgehead atoms. The monoisotopic (exact) mass is 217 g/mol. The Morgan fingerprint density at radius 2 is 1.80 bits per heavy atom. The Bertz CT molecular complexity index is 154. The maximum absolute atomic E-state index is 5.93. The highest BCUT2D eigenvalue weighted by molar-refractivity contribution is 4.66. The Morgan fingerprint density at radius 1 is 1.20 bits per heavy atom. The Labute approximate surface area is 94.3 Å². The second-order valence-electron chi connectivity index (χ2n) is 5.09. The molecule has 0 aromatic rings. The largest absolute Gasteiger partial charge is 0.377 e. The minimum absolute atomic E-state index is 0.0812. The van der Waals surface area contributed by atoms with Gasteiger partial charge in [0, 0.05) is 6.04 Å². The first-order valence-electron chi connectivity index (χ1n) is 5.84. The van der Waals surface area contributed by atoms with Gasteiger partial charge in [0.1, 0.15) is 0 Å². The summed E-state index contributed by atoms with van der Waals surface area (Å²) in [5.74, 6) is 0.522. The molecule has 0 rings (SSSR count). The van der Waals surface area contributed by atoms with Crippen LogP contribution in [0.25, 0.3) is 0 Å². The average Bonchev–Trinajstić information content (AvgIpc) is 2.14. The van der Waals surface area contributed by atoms with Crippen molar-refractivity contribution in [2.75, 3.05) is 19.8 Å². The van der Waals surface area contributed by atoms with Crippen LogP contribution in [-0.4, -0.2) is 31.5 Å². The van der Waals surface area contributed by atoms with Gasteiger partial charge in [0.25, 0.3) is 0 Å². The quantitative estimate of drug-likeness (QED) is 0.665. The number of rotatable bonds is 7. The van der Waals surface area contributed by atoms with E-state index < -0.39 is 0 Å². The molecule has 92 valence electrons. The number of nitrogens with two attached hydrogens (primary N) is 1. The van der Waals surface area contributed by atoms with Crippen molar-refractivity contribution in [2.24, 2.45) is 11.7 Å². The van der Waals surface area contributed by atoms with Crippen molar-refractivity contribution in [3.05, 3.63) is 0 Å². The van der Waals surface area contributed by atoms with Crippen molar-refractivity contribution in [1.29, 1.82) is 0 Å². The molecule has 3 heteroatoms. The van der Waals surface area contributed by atoms with E-state index in [-0.39, 0.29) is 11.6 Å². The van der Waals surface area contributed by atoms with E-state index in [0.717, 1.165) is 6.42 Å². The van der Waals surface area contributed by atoms with Gasteiger partial charge in [0.15, 0.2) is 0 Å². The van der Waals surface area contributed by atoms with Gasteiger partial charge in [0.05, 0.1) is 25.4 Å². The summed E-state index contributed by atoms with van der Waals surface area (Å²) in [6, 6.07) is 0.143. The molecule has 2 N–H and O–H groups in total. The van der Waals surface area contributed by atoms with Gasteiger partial charge in [0.2, 0.25) is 0 Å². The van der Waals surface area contributed by atoms with Crippen molar-refractivity contribution in [3.63, 3.8) is 0 Å². The summed E-state index contributed by atoms with van der Waals surface area (Å²) < 4.78 is 11.0. The minimum Gasteiger partial charge on any atom is -0.377 e. The second kappa shape index (κ2) is 7.20. The fourth-order valence-corrected chi connectivity index (χ4v) is 1.09. The molecule has 0 aliphatic rings. The van der Waals surface area contributed by atoms with Crippen LogP contribution in [0, 0.1) is 5.92 Å². The van der Waals surface area contributed by atoms with Gasteiger partial charge >= 0.3 is 0 Å². The first-order chi connectivity index (χ1) is 6.87. The lowest BCUT2D eigenvalue weighted by Gasteiger charge is -2.21. The Kier molecular flexibility index (Phi) is 7.14. The van der Waals surface area contributed by atoms with Crippen LogP contribution < -0.4 is 5.73 Å². The van der Waals surface area contributed by atoms with Crippen LogP contribution in [0.1, 0.15) is 41.0 Å². The normalized spacial score (nSPS) is 16.4. The summed E-state index contributed by atoms with van der Waals surface area (Å²) in [5.41, 5.74) is 5.85. The molecule has 0 fully saturated rings. The first-order valence-corrected chi connectivity index (χ1v) is 5.84. The lowest BCUT2D eigenvalue weighted by molar-refractivity contribution is -0.0376. The van der Waals surface area contributed by atoms with Gasteiger partial charge in [-0.1, -0.05) is 20.3 Å². The highest BCUT2D eigenvalue weighted by atomic mass is 16.5. The maximum Gasteiger partial charge on any atom is 0.0707 e. The maximum atomic E-state index is 5.93. The number of ether oxygens (including phenoxy) is 2. The highest BCUT2D eigenvalue weighted by Gasteiger charge is 2.11. The van der Waals surface area contributed by atoms with E-state index in [2.05, 4.69) is 13.8 Å². The molecule has 0 aromatic heterocycles. The molecule has 0 saturated carbocycles. The van der Waals surface area contributed by atoms with Crippen LogP contribution in [-0.2, 0) is 9.47 Å². The summed E-state index contributed by atoms with van der Waals surface area (Å²) in [7, 11) is 0. The molecule has 0 aliphatic carbocycles. The average molecular weight is 217 g/mol. The molecular formula is C12H27NO2. The molecule has 0 heterocycles. The second-order valence-corrected chi connectivity index (χ2v) is 5.09. The highest BCUT2D eigenvalue weighted by Crippen LogP contribution is 2.07. The summed E-state index contributed by atoms with van der Waals surface area (Å²) in [4.78, 5) is 0. The summed E-state index contributed by atoms with van der Waals surface area (Å²) in [5, 5.41) is 0. The smallest absolute Gasteiger partial charge is 0.0707 e. The lowest BCUT2D eigenvalue weighted by Crippen LogP contribution is -2.33. The summed E-state index contributed by atoms with van der Waals surface area (Å²) in [6.45, 7) is 12.3. The molecule has 0 spiro atoms. The van der Waals surface area contributed by atoms with Crippen molar-refractivity contribution in [2.45, 2.75) is 52.7 Å². The van der Waals surface area contributed by atoms with Crippen molar-refractivity contribution >= 4 is 0 Å². The third kappa shape index (κ3) is 8.85. The fourth-order valence-electron chi connectivity index (χ4n) is 1.09. The van der Waals surface area contributed by atoms with Gasteiger partial charge < -0.3 is 15.2 Å². The Hall–Kier alpha value is -0.120. The molecule has 15 heavy (non-hydrogen) atoms. The van der Waals surface area contributed by atoms with Crippen molar-refractivity contribution in [3.8, 4) is 0 Å². The molecule has 0 amide bonds. The molecule has 2 unspecified atom stereocenters.